The van der Waals surface area contributed by atoms with E-state index in [0.29, 0.717) is 19.1 Å². The molecule has 0 aliphatic carbocycles. The van der Waals surface area contributed by atoms with Gasteiger partial charge in [0.15, 0.2) is 0 Å². The summed E-state index contributed by atoms with van der Waals surface area (Å²) >= 11 is 1.10. The van der Waals surface area contributed by atoms with E-state index in [0.717, 1.165) is 11.9 Å². The second-order valence-electron chi connectivity index (χ2n) is 2.56. The van der Waals surface area contributed by atoms with Crippen LogP contribution in [0.15, 0.2) is 0 Å². The maximum absolute atomic E-state index is 11.6. The molecule has 0 spiro atoms. The topological polar surface area (TPSA) is 69.6 Å². The Hall–Kier alpha value is -0.300. The summed E-state index contributed by atoms with van der Waals surface area (Å²) in [7, 11) is 0. The van der Waals surface area contributed by atoms with Crippen molar-refractivity contribution < 1.29 is 18.7 Å². The molecule has 1 N–H and O–H groups in total. The van der Waals surface area contributed by atoms with Crippen LogP contribution in [0.3, 0.4) is 0 Å². The Kier molecular flexibility index (Phi) is 3.33. The zero-order valence-corrected chi connectivity index (χ0v) is 7.38. The maximum atomic E-state index is 11.6. The van der Waals surface area contributed by atoms with Crippen molar-refractivity contribution in [1.82, 2.24) is 0 Å². The predicted molar refractivity (Wildman–Crippen MR) is 44.0 cm³/mol. The first-order valence-electron chi connectivity index (χ1n) is 3.64. The number of rotatable bonds is 3. The van der Waals surface area contributed by atoms with E-state index in [2.05, 4.69) is 0 Å². The summed E-state index contributed by atoms with van der Waals surface area (Å²) in [6.07, 6.45) is -0.0729. The van der Waals surface area contributed by atoms with Crippen LogP contribution in [0.2, 0.25) is 0 Å². The lowest BCUT2D eigenvalue weighted by molar-refractivity contribution is -0.746. The van der Waals surface area contributed by atoms with Gasteiger partial charge in [-0.05, 0) is 0 Å². The molecule has 1 atom stereocenters. The summed E-state index contributed by atoms with van der Waals surface area (Å²) in [4.78, 5) is 10.2. The van der Waals surface area contributed by atoms with E-state index < -0.39 is 10.0 Å². The average Bonchev–Trinajstić information content (AvgIpc) is 2.03. The minimum absolute atomic E-state index is 0.0729. The van der Waals surface area contributed by atoms with Crippen molar-refractivity contribution in [3.05, 3.63) is 5.21 Å². The van der Waals surface area contributed by atoms with E-state index in [9.17, 15) is 10.0 Å². The fraction of sp³-hybridized carbons (Fsp3) is 0.833. The molecule has 0 amide bonds. The van der Waals surface area contributed by atoms with Crippen LogP contribution in [0.5, 0.6) is 0 Å². The number of nitrogens with zero attached hydrogens (tertiary/aromatic N) is 1. The number of carboxylic acid groups (broad SMARTS) is 1. The summed E-state index contributed by atoms with van der Waals surface area (Å²) in [6.45, 7) is 0.900. The standard InChI is InChI=1S/C6H11NO4S/c8-6(9)1-2-7(10)3-4-11-5-12-7/h1-5H2,(H,8,9). The van der Waals surface area contributed by atoms with Gasteiger partial charge < -0.3 is 15.1 Å². The van der Waals surface area contributed by atoms with E-state index in [1.165, 1.54) is 0 Å². The second kappa shape index (κ2) is 4.08. The average molecular weight is 193 g/mol. The highest BCUT2D eigenvalue weighted by Gasteiger charge is 2.23. The lowest BCUT2D eigenvalue weighted by Crippen LogP contribution is -2.42. The molecule has 5 nitrogen and oxygen atoms in total. The number of hydrogen-bond acceptors (Lipinski definition) is 4. The van der Waals surface area contributed by atoms with Gasteiger partial charge in [0.05, 0.1) is 19.6 Å². The molecule has 6 heteroatoms. The Morgan fingerprint density at radius 2 is 2.50 bits per heavy atom. The van der Waals surface area contributed by atoms with Crippen molar-refractivity contribution in [2.75, 3.05) is 25.6 Å². The zero-order chi connectivity index (χ0) is 9.03. The van der Waals surface area contributed by atoms with Gasteiger partial charge in [-0.15, -0.1) is 0 Å². The molecular weight excluding hydrogens is 182 g/mol. The zero-order valence-electron chi connectivity index (χ0n) is 6.56. The Bertz CT molecular complexity index is 169. The summed E-state index contributed by atoms with van der Waals surface area (Å²) in [5, 5.41) is 20.0. The first-order valence-corrected chi connectivity index (χ1v) is 4.59. The quantitative estimate of drug-likeness (QED) is 0.399. The molecule has 0 aromatic carbocycles. The highest BCUT2D eigenvalue weighted by molar-refractivity contribution is 7.93. The van der Waals surface area contributed by atoms with Crippen molar-refractivity contribution in [2.24, 2.45) is 0 Å². The third-order valence-electron chi connectivity index (χ3n) is 1.61. The van der Waals surface area contributed by atoms with Gasteiger partial charge in [-0.3, -0.25) is 8.85 Å². The first kappa shape index (κ1) is 9.79. The second-order valence-corrected chi connectivity index (χ2v) is 3.72. The van der Waals surface area contributed by atoms with Crippen LogP contribution in [0.1, 0.15) is 6.42 Å². The van der Waals surface area contributed by atoms with Crippen molar-refractivity contribution in [1.29, 1.82) is 0 Å². The van der Waals surface area contributed by atoms with Crippen LogP contribution < -0.4 is 0 Å². The van der Waals surface area contributed by atoms with Gasteiger partial charge in [-0.25, -0.2) is 0 Å². The minimum Gasteiger partial charge on any atom is -0.620 e. The molecule has 12 heavy (non-hydrogen) atoms. The molecular formula is C6H11NO4S. The van der Waals surface area contributed by atoms with Gasteiger partial charge in [0.2, 0.25) is 0 Å². The molecule has 0 bridgehead atoms. The molecule has 1 unspecified atom stereocenters. The molecule has 1 aliphatic heterocycles. The summed E-state index contributed by atoms with van der Waals surface area (Å²) < 4.78 is 4.48. The van der Waals surface area contributed by atoms with E-state index in [-0.39, 0.29) is 13.0 Å². The van der Waals surface area contributed by atoms with Gasteiger partial charge >= 0.3 is 5.97 Å². The molecule has 1 rings (SSSR count). The third-order valence-corrected chi connectivity index (χ3v) is 2.72. The Morgan fingerprint density at radius 1 is 1.75 bits per heavy atom. The third kappa shape index (κ3) is 2.98. The molecule has 70 valence electrons. The highest BCUT2D eigenvalue weighted by atomic mass is 32.2. The van der Waals surface area contributed by atoms with E-state index in [4.69, 9.17) is 9.84 Å². The number of aliphatic carboxylic acids is 1. The molecule has 0 saturated carbocycles. The van der Waals surface area contributed by atoms with Gasteiger partial charge in [0, 0.05) is 0 Å². The van der Waals surface area contributed by atoms with Crippen LogP contribution in [-0.2, 0) is 9.53 Å². The minimum atomic E-state index is -0.921. The first-order chi connectivity index (χ1) is 5.62. The Balaban J connectivity index is 2.31. The van der Waals surface area contributed by atoms with E-state index in [1.54, 1.807) is 0 Å². The number of hydroxylamine groups is 2. The molecule has 1 saturated heterocycles. The molecule has 1 heterocycles. The molecule has 0 aromatic heterocycles. The highest BCUT2D eigenvalue weighted by Crippen LogP contribution is 2.25. The van der Waals surface area contributed by atoms with Crippen LogP contribution in [-0.4, -0.2) is 40.8 Å². The van der Waals surface area contributed by atoms with Crippen molar-refractivity contribution in [3.63, 3.8) is 0 Å². The van der Waals surface area contributed by atoms with Crippen LogP contribution >= 0.6 is 11.9 Å². The smallest absolute Gasteiger partial charge is 0.309 e. The lowest BCUT2D eigenvalue weighted by atomic mass is 10.4. The van der Waals surface area contributed by atoms with Crippen LogP contribution in [0, 0.1) is 5.21 Å². The normalized spacial score (nSPS) is 30.1. The van der Waals surface area contributed by atoms with Gasteiger partial charge in [0.25, 0.3) is 0 Å². The summed E-state index contributed by atoms with van der Waals surface area (Å²) in [6, 6.07) is 0. The summed E-state index contributed by atoms with van der Waals surface area (Å²) in [5.74, 6) is -0.557. The number of hydrogen-bond donors (Lipinski definition) is 1. The molecule has 1 aliphatic rings. The number of quaternary nitrogens is 1. The molecule has 0 aromatic rings. The van der Waals surface area contributed by atoms with Gasteiger partial charge in [-0.2, -0.15) is 0 Å². The largest absolute Gasteiger partial charge is 0.620 e. The van der Waals surface area contributed by atoms with Crippen LogP contribution in [0.4, 0.5) is 0 Å². The number of carbonyl (C=O) groups is 1. The van der Waals surface area contributed by atoms with E-state index in [1.807, 2.05) is 0 Å². The Labute approximate surface area is 74.6 Å². The molecule has 1 fully saturated rings. The SMILES string of the molecule is O=C(O)CC[N+]1([O-])CCOCS1. The van der Waals surface area contributed by atoms with E-state index >= 15 is 0 Å². The number of carboxylic acids is 1. The lowest BCUT2D eigenvalue weighted by Gasteiger charge is -2.41. The van der Waals surface area contributed by atoms with Crippen LogP contribution in [0.25, 0.3) is 0 Å². The fourth-order valence-corrected chi connectivity index (χ4v) is 1.71. The number of ether oxygens (including phenoxy) is 1. The maximum Gasteiger partial charge on any atom is 0.309 e. The summed E-state index contributed by atoms with van der Waals surface area (Å²) in [5.41, 5.74) is 0. The van der Waals surface area contributed by atoms with Crippen molar-refractivity contribution >= 4 is 17.9 Å². The fourth-order valence-electron chi connectivity index (χ4n) is 0.903. The molecule has 0 radical (unpaired) electrons. The van der Waals surface area contributed by atoms with Crippen molar-refractivity contribution in [3.8, 4) is 0 Å². The predicted octanol–water partition coefficient (Wildman–Crippen LogP) is 0.412. The van der Waals surface area contributed by atoms with Gasteiger partial charge in [0.1, 0.15) is 24.4 Å². The van der Waals surface area contributed by atoms with Gasteiger partial charge in [-0.1, -0.05) is 0 Å². The monoisotopic (exact) mass is 193 g/mol. The Morgan fingerprint density at radius 3 is 3.00 bits per heavy atom. The van der Waals surface area contributed by atoms with Crippen molar-refractivity contribution in [2.45, 2.75) is 6.42 Å².